The number of hydrazone groups is 1. The van der Waals surface area contributed by atoms with Crippen LogP contribution in [0.1, 0.15) is 22.3 Å². The van der Waals surface area contributed by atoms with Crippen molar-refractivity contribution in [2.75, 3.05) is 12.1 Å². The fourth-order valence-corrected chi connectivity index (χ4v) is 4.00. The van der Waals surface area contributed by atoms with E-state index in [0.29, 0.717) is 0 Å². The van der Waals surface area contributed by atoms with Crippen LogP contribution in [0.3, 0.4) is 0 Å². The monoisotopic (exact) mass is 312 g/mol. The Morgan fingerprint density at radius 2 is 1.73 bits per heavy atom. The Morgan fingerprint density at radius 3 is 2.32 bits per heavy atom. The molecule has 1 aromatic carbocycles. The first-order valence-electron chi connectivity index (χ1n) is 7.30. The smallest absolute Gasteiger partial charge is 0.155 e. The van der Waals surface area contributed by atoms with Crippen LogP contribution in [-0.2, 0) is 0 Å². The average Bonchev–Trinajstić information content (AvgIpc) is 2.91. The van der Waals surface area contributed by atoms with E-state index < -0.39 is 0 Å². The maximum atomic E-state index is 4.85. The van der Waals surface area contributed by atoms with Crippen molar-refractivity contribution in [2.24, 2.45) is 5.10 Å². The molecule has 5 heteroatoms. The summed E-state index contributed by atoms with van der Waals surface area (Å²) in [4.78, 5) is 4.08. The topological polar surface area (TPSA) is 40.5 Å². The van der Waals surface area contributed by atoms with Gasteiger partial charge in [-0.25, -0.2) is 5.01 Å². The molecule has 0 aliphatic carbocycles. The van der Waals surface area contributed by atoms with Gasteiger partial charge in [-0.2, -0.15) is 5.10 Å². The first-order chi connectivity index (χ1) is 10.6. The lowest BCUT2D eigenvalue weighted by atomic mass is 10.0. The second-order valence-electron chi connectivity index (χ2n) is 5.49. The summed E-state index contributed by atoms with van der Waals surface area (Å²) in [5, 5.41) is 11.2. The van der Waals surface area contributed by atoms with E-state index in [-0.39, 0.29) is 5.50 Å². The molecule has 2 heterocycles. The molecular formula is C17H20N4S. The molecule has 0 bridgehead atoms. The first-order valence-corrected chi connectivity index (χ1v) is 8.18. The summed E-state index contributed by atoms with van der Waals surface area (Å²) in [5.74, 6) is 0. The molecule has 2 aromatic rings. The number of nitrogens with one attached hydrogen (secondary N) is 1. The zero-order valence-electron chi connectivity index (χ0n) is 13.3. The molecule has 1 aliphatic rings. The Labute approximate surface area is 135 Å². The molecular weight excluding hydrogens is 292 g/mol. The van der Waals surface area contributed by atoms with Crippen molar-refractivity contribution in [1.82, 2.24) is 10.3 Å². The van der Waals surface area contributed by atoms with Crippen LogP contribution in [0.4, 0.5) is 5.69 Å². The molecule has 22 heavy (non-hydrogen) atoms. The summed E-state index contributed by atoms with van der Waals surface area (Å²) in [6, 6.07) is 8.39. The van der Waals surface area contributed by atoms with Gasteiger partial charge < -0.3 is 0 Å². The standard InChI is InChI=1S/C17H20N4S/c1-11-9-12(2)15(13(3)10-11)16-20-21(17(18-4)22-16)14-5-7-19-8-6-14/h5-10,17-18H,1-4H3. The van der Waals surface area contributed by atoms with Crippen LogP contribution in [0.2, 0.25) is 0 Å². The SMILES string of the molecule is CNC1SC(c2c(C)cc(C)cc2C)=NN1c1ccncc1. The molecule has 114 valence electrons. The van der Waals surface area contributed by atoms with Crippen LogP contribution in [-0.4, -0.2) is 22.6 Å². The fraction of sp³-hybridized carbons (Fsp3) is 0.294. The van der Waals surface area contributed by atoms with Crippen molar-refractivity contribution in [3.63, 3.8) is 0 Å². The van der Waals surface area contributed by atoms with E-state index in [2.05, 4.69) is 43.2 Å². The van der Waals surface area contributed by atoms with Gasteiger partial charge in [-0.05, 0) is 51.1 Å². The summed E-state index contributed by atoms with van der Waals surface area (Å²) in [6.45, 7) is 6.44. The number of nitrogens with zero attached hydrogens (tertiary/aromatic N) is 3. The number of thioether (sulfide) groups is 1. The molecule has 0 saturated carbocycles. The Balaban J connectivity index is 2.03. The lowest BCUT2D eigenvalue weighted by Gasteiger charge is -2.21. The molecule has 4 nitrogen and oxygen atoms in total. The van der Waals surface area contributed by atoms with E-state index in [4.69, 9.17) is 5.10 Å². The van der Waals surface area contributed by atoms with Crippen molar-refractivity contribution >= 4 is 22.5 Å². The number of hydrogen-bond acceptors (Lipinski definition) is 5. The largest absolute Gasteiger partial charge is 0.290 e. The minimum absolute atomic E-state index is 0.0949. The van der Waals surface area contributed by atoms with E-state index >= 15 is 0 Å². The fourth-order valence-electron chi connectivity index (χ4n) is 2.83. The third-order valence-electron chi connectivity index (χ3n) is 3.71. The zero-order valence-corrected chi connectivity index (χ0v) is 14.1. The average molecular weight is 312 g/mol. The summed E-state index contributed by atoms with van der Waals surface area (Å²) >= 11 is 1.75. The highest BCUT2D eigenvalue weighted by Gasteiger charge is 2.29. The van der Waals surface area contributed by atoms with E-state index in [9.17, 15) is 0 Å². The van der Waals surface area contributed by atoms with Crippen LogP contribution >= 0.6 is 11.8 Å². The normalized spacial score (nSPS) is 17.7. The maximum absolute atomic E-state index is 4.85. The Bertz CT molecular complexity index is 689. The van der Waals surface area contributed by atoms with Gasteiger partial charge in [-0.3, -0.25) is 10.3 Å². The molecule has 1 unspecified atom stereocenters. The lowest BCUT2D eigenvalue weighted by molar-refractivity contribution is 0.704. The molecule has 1 aromatic heterocycles. The molecule has 0 radical (unpaired) electrons. The second kappa shape index (κ2) is 6.10. The van der Waals surface area contributed by atoms with Gasteiger partial charge in [0.2, 0.25) is 0 Å². The van der Waals surface area contributed by atoms with Crippen molar-refractivity contribution < 1.29 is 0 Å². The first kappa shape index (κ1) is 15.1. The third-order valence-corrected chi connectivity index (χ3v) is 4.88. The van der Waals surface area contributed by atoms with Crippen molar-refractivity contribution in [2.45, 2.75) is 26.3 Å². The zero-order chi connectivity index (χ0) is 15.7. The number of benzene rings is 1. The molecule has 3 rings (SSSR count). The summed E-state index contributed by atoms with van der Waals surface area (Å²) in [6.07, 6.45) is 3.59. The Hall–Kier alpha value is -1.85. The highest BCUT2D eigenvalue weighted by molar-refractivity contribution is 8.15. The van der Waals surface area contributed by atoms with Crippen molar-refractivity contribution in [3.8, 4) is 0 Å². The van der Waals surface area contributed by atoms with Gasteiger partial charge in [0.1, 0.15) is 5.04 Å². The van der Waals surface area contributed by atoms with Gasteiger partial charge >= 0.3 is 0 Å². The molecule has 0 saturated heterocycles. The predicted molar refractivity (Wildman–Crippen MR) is 94.3 cm³/mol. The van der Waals surface area contributed by atoms with Crippen LogP contribution in [0.5, 0.6) is 0 Å². The van der Waals surface area contributed by atoms with E-state index in [1.165, 1.54) is 22.3 Å². The lowest BCUT2D eigenvalue weighted by Crippen LogP contribution is -2.35. The quantitative estimate of drug-likeness (QED) is 0.943. The number of hydrogen-bond donors (Lipinski definition) is 1. The molecule has 0 fully saturated rings. The van der Waals surface area contributed by atoms with Crippen LogP contribution in [0, 0.1) is 20.8 Å². The second-order valence-corrected chi connectivity index (χ2v) is 6.56. The summed E-state index contributed by atoms with van der Waals surface area (Å²) in [7, 11) is 1.96. The van der Waals surface area contributed by atoms with E-state index in [1.54, 1.807) is 24.2 Å². The van der Waals surface area contributed by atoms with Gasteiger partial charge in [0.15, 0.2) is 5.50 Å². The van der Waals surface area contributed by atoms with Gasteiger partial charge in [0.25, 0.3) is 0 Å². The van der Waals surface area contributed by atoms with Crippen LogP contribution in [0.15, 0.2) is 41.8 Å². The number of aromatic nitrogens is 1. The van der Waals surface area contributed by atoms with Gasteiger partial charge in [0, 0.05) is 18.0 Å². The van der Waals surface area contributed by atoms with Gasteiger partial charge in [0.05, 0.1) is 5.69 Å². The summed E-state index contributed by atoms with van der Waals surface area (Å²) in [5.41, 5.74) is 6.22. The number of pyridine rings is 1. The number of aryl methyl sites for hydroxylation is 3. The number of anilines is 1. The highest BCUT2D eigenvalue weighted by Crippen LogP contribution is 2.34. The molecule has 0 amide bonds. The van der Waals surface area contributed by atoms with Crippen molar-refractivity contribution in [1.29, 1.82) is 0 Å². The molecule has 1 aliphatic heterocycles. The Kier molecular flexibility index (Phi) is 4.18. The maximum Gasteiger partial charge on any atom is 0.155 e. The predicted octanol–water partition coefficient (Wildman–Crippen LogP) is 3.42. The molecule has 0 spiro atoms. The minimum Gasteiger partial charge on any atom is -0.290 e. The summed E-state index contributed by atoms with van der Waals surface area (Å²) < 4.78 is 0. The van der Waals surface area contributed by atoms with E-state index in [0.717, 1.165) is 10.7 Å². The minimum atomic E-state index is 0.0949. The highest BCUT2D eigenvalue weighted by atomic mass is 32.2. The molecule has 1 atom stereocenters. The van der Waals surface area contributed by atoms with E-state index in [1.807, 2.05) is 24.2 Å². The molecule has 1 N–H and O–H groups in total. The van der Waals surface area contributed by atoms with Crippen LogP contribution < -0.4 is 10.3 Å². The third kappa shape index (κ3) is 2.74. The Morgan fingerprint density at radius 1 is 1.09 bits per heavy atom. The van der Waals surface area contributed by atoms with Crippen LogP contribution in [0.25, 0.3) is 0 Å². The van der Waals surface area contributed by atoms with Crippen molar-refractivity contribution in [3.05, 3.63) is 58.9 Å². The van der Waals surface area contributed by atoms with Gasteiger partial charge in [-0.15, -0.1) is 0 Å². The van der Waals surface area contributed by atoms with Gasteiger partial charge in [-0.1, -0.05) is 29.5 Å². The number of rotatable bonds is 3.